The molecule has 0 heterocycles. The maximum Gasteiger partial charge on any atom is 0.407 e. The van der Waals surface area contributed by atoms with Gasteiger partial charge in [0.25, 0.3) is 0 Å². The average molecular weight is 312 g/mol. The summed E-state index contributed by atoms with van der Waals surface area (Å²) in [7, 11) is 0. The predicted molar refractivity (Wildman–Crippen MR) is 80.1 cm³/mol. The zero-order valence-corrected chi connectivity index (χ0v) is 13.5. The van der Waals surface area contributed by atoms with Crippen LogP contribution in [-0.2, 0) is 14.3 Å². The molecular weight excluding hydrogens is 288 g/mol. The summed E-state index contributed by atoms with van der Waals surface area (Å²) in [5, 5.41) is 6.42. The highest BCUT2D eigenvalue weighted by Crippen LogP contribution is 2.28. The van der Waals surface area contributed by atoms with Gasteiger partial charge in [0.05, 0.1) is 18.6 Å². The van der Waals surface area contributed by atoms with Crippen molar-refractivity contribution in [2.24, 2.45) is 11.0 Å². The van der Waals surface area contributed by atoms with Gasteiger partial charge in [-0.25, -0.2) is 4.79 Å². The van der Waals surface area contributed by atoms with Gasteiger partial charge in [-0.15, -0.1) is 0 Å². The summed E-state index contributed by atoms with van der Waals surface area (Å²) in [6, 6.07) is -0.822. The minimum absolute atomic E-state index is 0.280. The van der Waals surface area contributed by atoms with Gasteiger partial charge in [-0.2, -0.15) is 0 Å². The fraction of sp³-hybridized carbons (Fsp3) is 0.857. The van der Waals surface area contributed by atoms with Gasteiger partial charge in [-0.1, -0.05) is 5.11 Å². The van der Waals surface area contributed by atoms with Crippen molar-refractivity contribution in [3.63, 3.8) is 0 Å². The smallest absolute Gasteiger partial charge is 0.407 e. The van der Waals surface area contributed by atoms with E-state index in [-0.39, 0.29) is 17.9 Å². The van der Waals surface area contributed by atoms with E-state index in [1.165, 1.54) is 0 Å². The Labute approximate surface area is 130 Å². The third-order valence-electron chi connectivity index (χ3n) is 3.34. The quantitative estimate of drug-likeness (QED) is 0.372. The van der Waals surface area contributed by atoms with E-state index in [1.54, 1.807) is 27.7 Å². The predicted octanol–water partition coefficient (Wildman–Crippen LogP) is 2.92. The number of nitrogens with one attached hydrogen (secondary N) is 1. The van der Waals surface area contributed by atoms with Crippen molar-refractivity contribution in [1.29, 1.82) is 0 Å². The number of carbonyl (C=O) groups excluding carboxylic acids is 2. The monoisotopic (exact) mass is 312 g/mol. The third kappa shape index (κ3) is 5.81. The van der Waals surface area contributed by atoms with E-state index in [1.807, 2.05) is 0 Å². The number of nitrogens with zero attached hydrogens (tertiary/aromatic N) is 3. The molecule has 0 aromatic heterocycles. The van der Waals surface area contributed by atoms with Crippen LogP contribution in [-0.4, -0.2) is 36.4 Å². The van der Waals surface area contributed by atoms with E-state index < -0.39 is 17.7 Å². The first-order valence-corrected chi connectivity index (χ1v) is 7.47. The molecule has 0 saturated heterocycles. The van der Waals surface area contributed by atoms with Crippen molar-refractivity contribution in [2.45, 2.75) is 64.6 Å². The summed E-state index contributed by atoms with van der Waals surface area (Å²) in [4.78, 5) is 26.6. The number of carbonyl (C=O) groups is 2. The number of ether oxygens (including phenoxy) is 2. The van der Waals surface area contributed by atoms with E-state index in [9.17, 15) is 9.59 Å². The number of alkyl carbamates (subject to hydrolysis) is 1. The molecule has 0 bridgehead atoms. The van der Waals surface area contributed by atoms with Gasteiger partial charge in [0.1, 0.15) is 5.60 Å². The maximum atomic E-state index is 11.9. The fourth-order valence-corrected chi connectivity index (χ4v) is 2.45. The lowest BCUT2D eigenvalue weighted by Gasteiger charge is -2.33. The summed E-state index contributed by atoms with van der Waals surface area (Å²) in [5.41, 5.74) is 8.02. The Kier molecular flexibility index (Phi) is 6.49. The van der Waals surface area contributed by atoms with Crippen LogP contribution in [0.25, 0.3) is 10.4 Å². The second kappa shape index (κ2) is 7.89. The second-order valence-electron chi connectivity index (χ2n) is 6.29. The molecule has 22 heavy (non-hydrogen) atoms. The first kappa shape index (κ1) is 18.1. The molecule has 1 rings (SSSR count). The maximum absolute atomic E-state index is 11.9. The molecule has 0 aromatic carbocycles. The van der Waals surface area contributed by atoms with Crippen molar-refractivity contribution in [3.8, 4) is 0 Å². The molecule has 0 spiro atoms. The molecule has 1 N–H and O–H groups in total. The van der Waals surface area contributed by atoms with Gasteiger partial charge in [-0.05, 0) is 52.5 Å². The largest absolute Gasteiger partial charge is 0.466 e. The van der Waals surface area contributed by atoms with E-state index in [4.69, 9.17) is 15.0 Å². The van der Waals surface area contributed by atoms with E-state index >= 15 is 0 Å². The summed E-state index contributed by atoms with van der Waals surface area (Å²) < 4.78 is 10.2. The van der Waals surface area contributed by atoms with Crippen LogP contribution < -0.4 is 5.32 Å². The molecule has 1 amide bonds. The van der Waals surface area contributed by atoms with Gasteiger partial charge < -0.3 is 14.8 Å². The standard InChI is InChI=1S/C14H24N4O4/c1-5-21-12(19)9-6-7-10(17-18-15)11(8-9)16-13(20)22-14(2,3)4/h9-11H,5-8H2,1-4H3,(H,16,20)/t9-,10-,11+/m1/s1. The highest BCUT2D eigenvalue weighted by Gasteiger charge is 2.35. The molecule has 8 heteroatoms. The van der Waals surface area contributed by atoms with Crippen LogP contribution in [0.4, 0.5) is 4.79 Å². The Morgan fingerprint density at radius 2 is 2.05 bits per heavy atom. The molecule has 1 saturated carbocycles. The molecule has 3 atom stereocenters. The summed E-state index contributed by atoms with van der Waals surface area (Å²) in [6.45, 7) is 7.36. The van der Waals surface area contributed by atoms with Crippen LogP contribution in [0.1, 0.15) is 47.0 Å². The average Bonchev–Trinajstić information content (AvgIpc) is 2.39. The van der Waals surface area contributed by atoms with Crippen LogP contribution in [0, 0.1) is 5.92 Å². The topological polar surface area (TPSA) is 113 Å². The van der Waals surface area contributed by atoms with Crippen LogP contribution >= 0.6 is 0 Å². The number of rotatable bonds is 4. The van der Waals surface area contributed by atoms with Gasteiger partial charge in [-0.3, -0.25) is 4.79 Å². The molecular formula is C14H24N4O4. The molecule has 0 radical (unpaired) electrons. The number of esters is 1. The lowest BCUT2D eigenvalue weighted by molar-refractivity contribution is -0.149. The lowest BCUT2D eigenvalue weighted by Crippen LogP contribution is -2.49. The zero-order chi connectivity index (χ0) is 16.8. The van der Waals surface area contributed by atoms with Crippen molar-refractivity contribution in [1.82, 2.24) is 5.32 Å². The van der Waals surface area contributed by atoms with E-state index in [0.29, 0.717) is 25.9 Å². The molecule has 8 nitrogen and oxygen atoms in total. The highest BCUT2D eigenvalue weighted by atomic mass is 16.6. The van der Waals surface area contributed by atoms with Crippen LogP contribution in [0.5, 0.6) is 0 Å². The van der Waals surface area contributed by atoms with Gasteiger partial charge in [0.15, 0.2) is 0 Å². The minimum Gasteiger partial charge on any atom is -0.466 e. The first-order chi connectivity index (χ1) is 10.3. The number of amides is 1. The number of azide groups is 1. The lowest BCUT2D eigenvalue weighted by atomic mass is 9.82. The first-order valence-electron chi connectivity index (χ1n) is 7.47. The SMILES string of the molecule is CCOC(=O)[C@@H]1CC[C@@H](N=[N+]=[N-])[C@@H](NC(=O)OC(C)(C)C)C1. The Balaban J connectivity index is 2.73. The van der Waals surface area contributed by atoms with Crippen molar-refractivity contribution < 1.29 is 19.1 Å². The normalized spacial score (nSPS) is 24.8. The van der Waals surface area contributed by atoms with Gasteiger partial charge >= 0.3 is 12.1 Å². The van der Waals surface area contributed by atoms with Crippen LogP contribution in [0.3, 0.4) is 0 Å². The summed E-state index contributed by atoms with van der Waals surface area (Å²) in [5.74, 6) is -0.581. The van der Waals surface area contributed by atoms with Gasteiger partial charge in [0.2, 0.25) is 0 Å². The molecule has 1 aliphatic rings. The van der Waals surface area contributed by atoms with Crippen LogP contribution in [0.15, 0.2) is 5.11 Å². The minimum atomic E-state index is -0.618. The highest BCUT2D eigenvalue weighted by molar-refractivity contribution is 5.73. The summed E-state index contributed by atoms with van der Waals surface area (Å²) >= 11 is 0. The molecule has 0 unspecified atom stereocenters. The van der Waals surface area contributed by atoms with Gasteiger partial charge in [0, 0.05) is 11.0 Å². The molecule has 0 aromatic rings. The molecule has 1 fully saturated rings. The van der Waals surface area contributed by atoms with Crippen LogP contribution in [0.2, 0.25) is 0 Å². The molecule has 1 aliphatic carbocycles. The molecule has 0 aliphatic heterocycles. The fourth-order valence-electron chi connectivity index (χ4n) is 2.45. The number of hydrogen-bond acceptors (Lipinski definition) is 5. The number of hydrogen-bond donors (Lipinski definition) is 1. The van der Waals surface area contributed by atoms with Crippen molar-refractivity contribution >= 4 is 12.1 Å². The Morgan fingerprint density at radius 3 is 2.59 bits per heavy atom. The Morgan fingerprint density at radius 1 is 1.36 bits per heavy atom. The third-order valence-corrected chi connectivity index (χ3v) is 3.34. The van der Waals surface area contributed by atoms with E-state index in [0.717, 1.165) is 0 Å². The Hall–Kier alpha value is -1.95. The van der Waals surface area contributed by atoms with E-state index in [2.05, 4.69) is 15.3 Å². The molecule has 124 valence electrons. The van der Waals surface area contributed by atoms with Crippen molar-refractivity contribution in [2.75, 3.05) is 6.61 Å². The summed E-state index contributed by atoms with van der Waals surface area (Å²) in [6.07, 6.45) is 0.894. The Bertz CT molecular complexity index is 454. The zero-order valence-electron chi connectivity index (χ0n) is 13.5. The second-order valence-corrected chi connectivity index (χ2v) is 6.29. The van der Waals surface area contributed by atoms with Crippen molar-refractivity contribution in [3.05, 3.63) is 10.4 Å².